The van der Waals surface area contributed by atoms with Gasteiger partial charge in [0.2, 0.25) is 0 Å². The highest BCUT2D eigenvalue weighted by atomic mass is 16.3. The standard InChI is InChI=1S/C54H33NO3/c1-4-16-46-43(10-1)52-40(13-7-19-49(52)56-46)34-22-28-37(29-23-34)55(38-30-24-35(25-31-38)41-14-8-20-50-53(41)44-11-2-5-17-47(44)57-50)39-32-26-36(27-33-39)42-15-9-21-51-54(42)45-12-3-6-18-48(45)58-51/h1-33H/i22D,23D,28D,29D. The molecule has 4 heteroatoms. The van der Waals surface area contributed by atoms with E-state index in [1.54, 1.807) is 0 Å². The van der Waals surface area contributed by atoms with Crippen LogP contribution in [0.25, 0.3) is 99.2 Å². The summed E-state index contributed by atoms with van der Waals surface area (Å²) in [6, 6.07) is 56.8. The van der Waals surface area contributed by atoms with Crippen molar-refractivity contribution in [1.82, 2.24) is 0 Å². The lowest BCUT2D eigenvalue weighted by atomic mass is 9.98. The number of benzene rings is 9. The van der Waals surface area contributed by atoms with Crippen LogP contribution in [-0.4, -0.2) is 0 Å². The van der Waals surface area contributed by atoms with Crippen LogP contribution in [0.1, 0.15) is 5.48 Å². The van der Waals surface area contributed by atoms with Gasteiger partial charge in [-0.15, -0.1) is 0 Å². The van der Waals surface area contributed by atoms with Gasteiger partial charge in [-0.05, 0) is 106 Å². The molecule has 12 aromatic rings. The molecule has 0 amide bonds. The van der Waals surface area contributed by atoms with Gasteiger partial charge in [-0.3, -0.25) is 0 Å². The Morgan fingerprint density at radius 1 is 0.293 bits per heavy atom. The van der Waals surface area contributed by atoms with Gasteiger partial charge in [-0.1, -0.05) is 127 Å². The van der Waals surface area contributed by atoms with Crippen molar-refractivity contribution in [1.29, 1.82) is 0 Å². The third-order valence-corrected chi connectivity index (χ3v) is 11.2. The summed E-state index contributed by atoms with van der Waals surface area (Å²) >= 11 is 0. The fourth-order valence-corrected chi connectivity index (χ4v) is 8.55. The van der Waals surface area contributed by atoms with Gasteiger partial charge < -0.3 is 18.2 Å². The van der Waals surface area contributed by atoms with Crippen molar-refractivity contribution >= 4 is 82.9 Å². The number of furan rings is 3. The maximum atomic E-state index is 9.66. The molecule has 0 aliphatic carbocycles. The average molecular weight is 748 g/mol. The van der Waals surface area contributed by atoms with Gasteiger partial charge in [0.05, 0.1) is 5.48 Å². The lowest BCUT2D eigenvalue weighted by Crippen LogP contribution is -2.09. The van der Waals surface area contributed by atoms with Crippen LogP contribution in [0.4, 0.5) is 17.1 Å². The second kappa shape index (κ2) is 12.9. The average Bonchev–Trinajstić information content (AvgIpc) is 4.02. The molecular weight excluding hydrogens is 711 g/mol. The molecule has 0 N–H and O–H groups in total. The number of fused-ring (bicyclic) bond motifs is 9. The molecule has 0 bridgehead atoms. The predicted octanol–water partition coefficient (Wildman–Crippen LogP) is 15.9. The molecule has 0 spiro atoms. The Balaban J connectivity index is 1.04. The number of hydrogen-bond donors (Lipinski definition) is 0. The van der Waals surface area contributed by atoms with E-state index in [0.717, 1.165) is 76.9 Å². The molecule has 12 rings (SSSR count). The fraction of sp³-hybridized carbons (Fsp3) is 0. The van der Waals surface area contributed by atoms with E-state index in [9.17, 15) is 5.48 Å². The molecular formula is C54H33NO3. The minimum atomic E-state index is -0.164. The molecule has 0 saturated heterocycles. The highest BCUT2D eigenvalue weighted by molar-refractivity contribution is 6.14. The summed E-state index contributed by atoms with van der Waals surface area (Å²) in [5.41, 5.74) is 10.8. The molecule has 0 atom stereocenters. The summed E-state index contributed by atoms with van der Waals surface area (Å²) in [5.74, 6) is 0. The summed E-state index contributed by atoms with van der Waals surface area (Å²) < 4.78 is 57.0. The molecule has 0 aliphatic rings. The number of nitrogens with zero attached hydrogens (tertiary/aromatic N) is 1. The van der Waals surface area contributed by atoms with Gasteiger partial charge in [0.15, 0.2) is 0 Å². The van der Waals surface area contributed by atoms with Crippen LogP contribution in [0.2, 0.25) is 0 Å². The molecule has 0 aliphatic heterocycles. The SMILES string of the molecule is [2H]c1c([2H])c(N(c2ccc(-c3cccc4oc5ccccc5c34)cc2)c2ccc(-c3cccc4oc5ccccc5c34)cc2)c([2H])c([2H])c1-c1cccc2oc3ccccc3c12. The Labute approximate surface area is 339 Å². The lowest BCUT2D eigenvalue weighted by Gasteiger charge is -2.26. The largest absolute Gasteiger partial charge is 0.456 e. The second-order valence-electron chi connectivity index (χ2n) is 14.5. The van der Waals surface area contributed by atoms with E-state index >= 15 is 0 Å². The zero-order valence-corrected chi connectivity index (χ0v) is 30.9. The smallest absolute Gasteiger partial charge is 0.136 e. The van der Waals surface area contributed by atoms with Crippen molar-refractivity contribution in [3.05, 3.63) is 200 Å². The Morgan fingerprint density at radius 2 is 0.638 bits per heavy atom. The van der Waals surface area contributed by atoms with E-state index in [1.807, 2.05) is 157 Å². The third-order valence-electron chi connectivity index (χ3n) is 11.2. The first-order chi connectivity index (χ1) is 30.4. The van der Waals surface area contributed by atoms with E-state index in [-0.39, 0.29) is 35.4 Å². The van der Waals surface area contributed by atoms with E-state index in [0.29, 0.717) is 28.1 Å². The number of hydrogen-bond acceptors (Lipinski definition) is 4. The van der Waals surface area contributed by atoms with Crippen LogP contribution in [0.5, 0.6) is 0 Å². The van der Waals surface area contributed by atoms with Crippen LogP contribution in [0, 0.1) is 0 Å². The van der Waals surface area contributed by atoms with Gasteiger partial charge in [-0.25, -0.2) is 0 Å². The van der Waals surface area contributed by atoms with E-state index in [4.69, 9.17) is 13.3 Å². The first-order valence-corrected chi connectivity index (χ1v) is 19.3. The molecule has 9 aromatic carbocycles. The Morgan fingerprint density at radius 3 is 1.03 bits per heavy atom. The van der Waals surface area contributed by atoms with Crippen molar-refractivity contribution < 1.29 is 18.7 Å². The zero-order chi connectivity index (χ0) is 41.6. The zero-order valence-electron chi connectivity index (χ0n) is 34.9. The van der Waals surface area contributed by atoms with Crippen molar-refractivity contribution in [2.45, 2.75) is 0 Å². The van der Waals surface area contributed by atoms with Gasteiger partial charge in [-0.2, -0.15) is 0 Å². The molecule has 4 nitrogen and oxygen atoms in total. The lowest BCUT2D eigenvalue weighted by molar-refractivity contribution is 0.668. The molecule has 3 aromatic heterocycles. The highest BCUT2D eigenvalue weighted by Gasteiger charge is 2.18. The Bertz CT molecular complexity index is 3560. The van der Waals surface area contributed by atoms with Crippen LogP contribution < -0.4 is 4.90 Å². The monoisotopic (exact) mass is 747 g/mol. The van der Waals surface area contributed by atoms with Crippen LogP contribution in [0.3, 0.4) is 0 Å². The maximum absolute atomic E-state index is 9.66. The molecule has 3 heterocycles. The molecule has 0 fully saturated rings. The Kier molecular flexibility index (Phi) is 6.34. The number of anilines is 3. The van der Waals surface area contributed by atoms with Crippen molar-refractivity contribution in [2.75, 3.05) is 4.90 Å². The van der Waals surface area contributed by atoms with Gasteiger partial charge >= 0.3 is 0 Å². The highest BCUT2D eigenvalue weighted by Crippen LogP contribution is 2.43. The van der Waals surface area contributed by atoms with Crippen molar-refractivity contribution in [2.24, 2.45) is 0 Å². The van der Waals surface area contributed by atoms with Gasteiger partial charge in [0, 0.05) is 49.4 Å². The summed E-state index contributed by atoms with van der Waals surface area (Å²) in [4.78, 5) is 1.83. The second-order valence-corrected chi connectivity index (χ2v) is 14.5. The number of para-hydroxylation sites is 3. The summed E-state index contributed by atoms with van der Waals surface area (Å²) in [6.45, 7) is 0. The summed E-state index contributed by atoms with van der Waals surface area (Å²) in [7, 11) is 0. The van der Waals surface area contributed by atoms with Crippen molar-refractivity contribution in [3.8, 4) is 33.4 Å². The fourth-order valence-electron chi connectivity index (χ4n) is 8.55. The Hall–Kier alpha value is -7.82. The van der Waals surface area contributed by atoms with Gasteiger partial charge in [0.25, 0.3) is 0 Å². The maximum Gasteiger partial charge on any atom is 0.136 e. The van der Waals surface area contributed by atoms with Gasteiger partial charge in [0.1, 0.15) is 33.5 Å². The molecule has 0 radical (unpaired) electrons. The summed E-state index contributed by atoms with van der Waals surface area (Å²) in [5, 5.41) is 5.72. The first kappa shape index (κ1) is 28.6. The molecule has 0 unspecified atom stereocenters. The van der Waals surface area contributed by atoms with Crippen LogP contribution in [-0.2, 0) is 0 Å². The van der Waals surface area contributed by atoms with Crippen molar-refractivity contribution in [3.63, 3.8) is 0 Å². The normalized spacial score (nSPS) is 12.8. The minimum absolute atomic E-state index is 0.138. The number of rotatable bonds is 6. The minimum Gasteiger partial charge on any atom is -0.456 e. The molecule has 0 saturated carbocycles. The van der Waals surface area contributed by atoms with Crippen LogP contribution in [0.15, 0.2) is 213 Å². The predicted molar refractivity (Wildman–Crippen MR) is 239 cm³/mol. The topological polar surface area (TPSA) is 42.7 Å². The van der Waals surface area contributed by atoms with E-state index < -0.39 is 0 Å². The third kappa shape index (κ3) is 5.09. The first-order valence-electron chi connectivity index (χ1n) is 21.3. The van der Waals surface area contributed by atoms with Crippen LogP contribution >= 0.6 is 0 Å². The molecule has 58 heavy (non-hydrogen) atoms. The van der Waals surface area contributed by atoms with E-state index in [1.165, 1.54) is 0 Å². The van der Waals surface area contributed by atoms with E-state index in [2.05, 4.69) is 24.3 Å². The molecule has 272 valence electrons. The quantitative estimate of drug-likeness (QED) is 0.170. The summed E-state index contributed by atoms with van der Waals surface area (Å²) in [6.07, 6.45) is 0.